The van der Waals surface area contributed by atoms with Gasteiger partial charge in [-0.1, -0.05) is 19.1 Å². The highest BCUT2D eigenvalue weighted by Crippen LogP contribution is 2.62. The molecule has 6 atom stereocenters. The summed E-state index contributed by atoms with van der Waals surface area (Å²) in [7, 11) is 1.49. The van der Waals surface area contributed by atoms with Crippen molar-refractivity contribution in [2.45, 2.75) is 58.5 Å². The van der Waals surface area contributed by atoms with E-state index in [0.29, 0.717) is 37.1 Å². The van der Waals surface area contributed by atoms with Crippen LogP contribution in [0, 0.1) is 16.7 Å². The van der Waals surface area contributed by atoms with E-state index in [1.165, 1.54) is 14.0 Å². The van der Waals surface area contributed by atoms with Gasteiger partial charge in [-0.05, 0) is 18.9 Å². The minimum Gasteiger partial charge on any atom is -0.504 e. The number of carbonyl (C=O) groups is 3. The molecule has 0 radical (unpaired) electrons. The molecule has 2 fully saturated rings. The van der Waals surface area contributed by atoms with Gasteiger partial charge in [0.05, 0.1) is 18.1 Å². The van der Waals surface area contributed by atoms with E-state index in [9.17, 15) is 24.6 Å². The predicted octanol–water partition coefficient (Wildman–Crippen LogP) is 2.93. The zero-order valence-electron chi connectivity index (χ0n) is 22.5. The summed E-state index contributed by atoms with van der Waals surface area (Å²) >= 11 is 0. The summed E-state index contributed by atoms with van der Waals surface area (Å²) in [6, 6.07) is 0. The summed E-state index contributed by atoms with van der Waals surface area (Å²) in [5.74, 6) is -2.11. The standard InChI is InChI=1S/C29H37NO8/c1-7-11-30(12-8-2)14-17-23-26(34)25(33)22-18-9-10-20(32)28(18,4)13-19(37-16(3)31)24(22)29(23,5)21(15-36-6)38-27(17)35/h7-8,14,18-19,21,27,34-35H,1-2,9-13,15H2,3-6H3/b17-14+/t18?,19?,21?,27?,28-,29-/m0/s1. The van der Waals surface area contributed by atoms with Gasteiger partial charge in [0.1, 0.15) is 11.9 Å². The van der Waals surface area contributed by atoms with Crippen molar-refractivity contribution in [2.24, 2.45) is 16.7 Å². The van der Waals surface area contributed by atoms with Crippen molar-refractivity contribution >= 4 is 17.5 Å². The molecule has 0 aromatic rings. The maximum Gasteiger partial charge on any atom is 0.303 e. The van der Waals surface area contributed by atoms with Crippen LogP contribution in [0.15, 0.2) is 59.6 Å². The zero-order chi connectivity index (χ0) is 28.0. The van der Waals surface area contributed by atoms with Gasteiger partial charge in [0.25, 0.3) is 0 Å². The Labute approximate surface area is 223 Å². The Hall–Kier alpha value is -3.01. The summed E-state index contributed by atoms with van der Waals surface area (Å²) < 4.78 is 17.4. The van der Waals surface area contributed by atoms with Crippen molar-refractivity contribution in [2.75, 3.05) is 26.8 Å². The molecule has 206 valence electrons. The average Bonchev–Trinajstić information content (AvgIpc) is 3.13. The highest BCUT2D eigenvalue weighted by atomic mass is 16.6. The summed E-state index contributed by atoms with van der Waals surface area (Å²) in [6.07, 6.45) is 2.76. The van der Waals surface area contributed by atoms with Crippen LogP contribution < -0.4 is 0 Å². The smallest absolute Gasteiger partial charge is 0.303 e. The van der Waals surface area contributed by atoms with Gasteiger partial charge in [0.15, 0.2) is 12.0 Å². The summed E-state index contributed by atoms with van der Waals surface area (Å²) in [6.45, 7) is 13.3. The Balaban J connectivity index is 2.01. The zero-order valence-corrected chi connectivity index (χ0v) is 22.5. The number of esters is 1. The molecule has 38 heavy (non-hydrogen) atoms. The number of ketones is 2. The molecular weight excluding hydrogens is 490 g/mol. The van der Waals surface area contributed by atoms with Crippen molar-refractivity contribution < 1.29 is 38.8 Å². The average molecular weight is 528 g/mol. The molecule has 9 nitrogen and oxygen atoms in total. The molecule has 3 aliphatic carbocycles. The van der Waals surface area contributed by atoms with Gasteiger partial charge >= 0.3 is 5.97 Å². The largest absolute Gasteiger partial charge is 0.504 e. The first-order valence-corrected chi connectivity index (χ1v) is 12.9. The summed E-state index contributed by atoms with van der Waals surface area (Å²) in [4.78, 5) is 41.1. The van der Waals surface area contributed by atoms with Crippen molar-refractivity contribution in [3.05, 3.63) is 59.6 Å². The lowest BCUT2D eigenvalue weighted by Crippen LogP contribution is -2.57. The third kappa shape index (κ3) is 4.17. The Morgan fingerprint density at radius 2 is 1.89 bits per heavy atom. The van der Waals surface area contributed by atoms with Crippen LogP contribution in [0.3, 0.4) is 0 Å². The second-order valence-electron chi connectivity index (χ2n) is 10.9. The van der Waals surface area contributed by atoms with E-state index in [4.69, 9.17) is 14.2 Å². The van der Waals surface area contributed by atoms with E-state index in [1.807, 2.05) is 11.8 Å². The van der Waals surface area contributed by atoms with Crippen LogP contribution in [0.2, 0.25) is 0 Å². The second-order valence-corrected chi connectivity index (χ2v) is 10.9. The number of nitrogens with zero attached hydrogens (tertiary/aromatic N) is 1. The van der Waals surface area contributed by atoms with Crippen molar-refractivity contribution in [1.29, 1.82) is 0 Å². The molecule has 4 unspecified atom stereocenters. The number of rotatable bonds is 8. The number of allylic oxidation sites excluding steroid dienone is 1. The number of ether oxygens (including phenoxy) is 3. The number of aliphatic hydroxyl groups excluding tert-OH is 2. The van der Waals surface area contributed by atoms with Gasteiger partial charge in [0, 0.05) is 74.2 Å². The van der Waals surface area contributed by atoms with E-state index >= 15 is 0 Å². The Bertz CT molecular complexity index is 1160. The third-order valence-electron chi connectivity index (χ3n) is 8.58. The van der Waals surface area contributed by atoms with Gasteiger partial charge in [-0.2, -0.15) is 0 Å². The number of aliphatic hydroxyl groups is 2. The third-order valence-corrected chi connectivity index (χ3v) is 8.58. The summed E-state index contributed by atoms with van der Waals surface area (Å²) in [5.41, 5.74) is -0.910. The van der Waals surface area contributed by atoms with Crippen LogP contribution in [-0.4, -0.2) is 78.0 Å². The molecule has 1 saturated carbocycles. The SMILES string of the molecule is C=CCN(/C=C1\C2=C(O)C(=O)C3=C(C(OC(C)=O)C[C@]4(C)C(=O)CCC34)[C@@]2(C)C(COC)OC1O)CC=C. The second kappa shape index (κ2) is 10.3. The van der Waals surface area contributed by atoms with E-state index in [1.54, 1.807) is 25.3 Å². The van der Waals surface area contributed by atoms with E-state index in [-0.39, 0.29) is 30.0 Å². The number of carbonyl (C=O) groups excluding carboxylic acids is 3. The highest BCUT2D eigenvalue weighted by molar-refractivity contribution is 6.12. The highest BCUT2D eigenvalue weighted by Gasteiger charge is 2.64. The van der Waals surface area contributed by atoms with E-state index < -0.39 is 52.8 Å². The first kappa shape index (κ1) is 28.0. The van der Waals surface area contributed by atoms with Gasteiger partial charge in [-0.3, -0.25) is 14.4 Å². The molecule has 0 bridgehead atoms. The lowest BCUT2D eigenvalue weighted by Gasteiger charge is -2.54. The number of Topliss-reactive ketones (excluding diaryl/α,β-unsaturated/α-hetero) is 2. The molecule has 1 aliphatic heterocycles. The van der Waals surface area contributed by atoms with Crippen molar-refractivity contribution in [1.82, 2.24) is 4.90 Å². The quantitative estimate of drug-likeness (QED) is 0.362. The summed E-state index contributed by atoms with van der Waals surface area (Å²) in [5, 5.41) is 22.7. The first-order chi connectivity index (χ1) is 17.9. The van der Waals surface area contributed by atoms with Crippen LogP contribution in [0.4, 0.5) is 0 Å². The van der Waals surface area contributed by atoms with Crippen LogP contribution in [0.5, 0.6) is 0 Å². The molecule has 0 aromatic carbocycles. The van der Waals surface area contributed by atoms with Gasteiger partial charge in [-0.25, -0.2) is 0 Å². The monoisotopic (exact) mass is 527 g/mol. The van der Waals surface area contributed by atoms with Gasteiger partial charge in [-0.15, -0.1) is 13.2 Å². The Morgan fingerprint density at radius 1 is 1.24 bits per heavy atom. The molecule has 1 heterocycles. The van der Waals surface area contributed by atoms with Gasteiger partial charge < -0.3 is 29.3 Å². The Kier molecular flexibility index (Phi) is 7.58. The fourth-order valence-electron chi connectivity index (χ4n) is 6.91. The molecule has 0 spiro atoms. The number of hydrogen-bond donors (Lipinski definition) is 2. The first-order valence-electron chi connectivity index (χ1n) is 12.9. The minimum absolute atomic E-state index is 0.00672. The molecule has 0 amide bonds. The maximum absolute atomic E-state index is 14.0. The lowest BCUT2D eigenvalue weighted by molar-refractivity contribution is -0.176. The van der Waals surface area contributed by atoms with Crippen LogP contribution >= 0.6 is 0 Å². The molecule has 1 saturated heterocycles. The molecule has 4 aliphatic rings. The molecular formula is C29H37NO8. The molecule has 9 heteroatoms. The fourth-order valence-corrected chi connectivity index (χ4v) is 6.91. The van der Waals surface area contributed by atoms with Crippen LogP contribution in [0.25, 0.3) is 0 Å². The van der Waals surface area contributed by atoms with Crippen LogP contribution in [0.1, 0.15) is 40.0 Å². The van der Waals surface area contributed by atoms with Crippen molar-refractivity contribution in [3.63, 3.8) is 0 Å². The molecule has 4 rings (SSSR count). The topological polar surface area (TPSA) is 123 Å². The fraction of sp³-hybridized carbons (Fsp3) is 0.552. The minimum atomic E-state index is -1.47. The number of fused-ring (bicyclic) bond motifs is 4. The maximum atomic E-state index is 14.0. The lowest BCUT2D eigenvalue weighted by atomic mass is 9.53. The van der Waals surface area contributed by atoms with E-state index in [0.717, 1.165) is 0 Å². The van der Waals surface area contributed by atoms with Crippen LogP contribution in [-0.2, 0) is 28.6 Å². The molecule has 2 N–H and O–H groups in total. The normalized spacial score (nSPS) is 35.6. The van der Waals surface area contributed by atoms with Gasteiger partial charge in [0.2, 0.25) is 5.78 Å². The molecule has 0 aromatic heterocycles. The predicted molar refractivity (Wildman–Crippen MR) is 139 cm³/mol. The van der Waals surface area contributed by atoms with E-state index in [2.05, 4.69) is 13.2 Å². The van der Waals surface area contributed by atoms with Crippen molar-refractivity contribution in [3.8, 4) is 0 Å². The number of hydrogen-bond acceptors (Lipinski definition) is 9. The number of methoxy groups -OCH3 is 1. The Morgan fingerprint density at radius 3 is 2.47 bits per heavy atom.